The smallest absolute Gasteiger partial charge is 0.326 e. The van der Waals surface area contributed by atoms with E-state index in [-0.39, 0.29) is 24.1 Å². The van der Waals surface area contributed by atoms with E-state index in [1.807, 2.05) is 10.6 Å². The molecule has 2 fully saturated rings. The number of hydrogen-bond donors (Lipinski definition) is 1. The van der Waals surface area contributed by atoms with Crippen LogP contribution in [0.5, 0.6) is 5.75 Å². The van der Waals surface area contributed by atoms with E-state index in [2.05, 4.69) is 9.88 Å². The Bertz CT molecular complexity index is 806. The zero-order valence-electron chi connectivity index (χ0n) is 14.9. The Morgan fingerprint density at radius 2 is 1.85 bits per heavy atom. The van der Waals surface area contributed by atoms with Crippen LogP contribution in [0.1, 0.15) is 31.7 Å². The predicted octanol–water partition coefficient (Wildman–Crippen LogP) is 3.23. The molecule has 26 heavy (non-hydrogen) atoms. The molecule has 1 aromatic carbocycles. The number of ether oxygens (including phenoxy) is 2. The molecule has 3 heterocycles. The first-order valence-corrected chi connectivity index (χ1v) is 9.34. The van der Waals surface area contributed by atoms with Crippen molar-refractivity contribution in [2.24, 2.45) is 0 Å². The molecule has 0 aliphatic carbocycles. The highest BCUT2D eigenvalue weighted by molar-refractivity contribution is 6.32. The summed E-state index contributed by atoms with van der Waals surface area (Å²) in [6.45, 7) is 3.79. The second kappa shape index (κ2) is 8.21. The molecule has 6 nitrogen and oxygen atoms in total. The third-order valence-electron chi connectivity index (χ3n) is 5.56. The monoisotopic (exact) mass is 401 g/mol. The highest BCUT2D eigenvalue weighted by Crippen LogP contribution is 2.32. The molecule has 2 aliphatic heterocycles. The van der Waals surface area contributed by atoms with E-state index in [9.17, 15) is 4.79 Å². The number of aromatic amines is 1. The number of nitrogens with one attached hydrogen (secondary N) is 1. The van der Waals surface area contributed by atoms with Gasteiger partial charge in [-0.3, -0.25) is 4.57 Å². The van der Waals surface area contributed by atoms with Gasteiger partial charge in [0.2, 0.25) is 0 Å². The minimum atomic E-state index is -0.0659. The number of methoxy groups -OCH3 is 1. The SMILES string of the molecule is COc1cc2c(cc1Cl)[nH]c(=O)n2C1CCN(C2CCOCC2)CC1.Cl. The highest BCUT2D eigenvalue weighted by Gasteiger charge is 2.28. The lowest BCUT2D eigenvalue weighted by atomic mass is 9.99. The Labute approximate surface area is 163 Å². The van der Waals surface area contributed by atoms with Crippen LogP contribution in [0, 0.1) is 0 Å². The lowest BCUT2D eigenvalue weighted by Crippen LogP contribution is -2.45. The van der Waals surface area contributed by atoms with Gasteiger partial charge in [0.1, 0.15) is 5.75 Å². The molecule has 4 rings (SSSR count). The molecule has 1 N–H and O–H groups in total. The quantitative estimate of drug-likeness (QED) is 0.857. The van der Waals surface area contributed by atoms with E-state index >= 15 is 0 Å². The van der Waals surface area contributed by atoms with Crippen molar-refractivity contribution in [1.29, 1.82) is 0 Å². The Balaban J connectivity index is 0.00000196. The lowest BCUT2D eigenvalue weighted by Gasteiger charge is -2.39. The first kappa shape index (κ1) is 19.5. The average molecular weight is 402 g/mol. The second-order valence-electron chi connectivity index (χ2n) is 6.91. The maximum absolute atomic E-state index is 12.5. The fraction of sp³-hybridized carbons (Fsp3) is 0.611. The number of aromatic nitrogens is 2. The van der Waals surface area contributed by atoms with Crippen molar-refractivity contribution in [3.05, 3.63) is 27.6 Å². The van der Waals surface area contributed by atoms with Gasteiger partial charge in [-0.2, -0.15) is 0 Å². The number of piperidine rings is 1. The molecule has 2 aromatic rings. The number of fused-ring (bicyclic) bond motifs is 1. The van der Waals surface area contributed by atoms with Crippen LogP contribution in [0.15, 0.2) is 16.9 Å². The summed E-state index contributed by atoms with van der Waals surface area (Å²) in [7, 11) is 1.59. The maximum Gasteiger partial charge on any atom is 0.326 e. The molecule has 8 heteroatoms. The normalized spacial score (nSPS) is 20.2. The minimum absolute atomic E-state index is 0. The van der Waals surface area contributed by atoms with Crippen LogP contribution in [0.2, 0.25) is 5.02 Å². The maximum atomic E-state index is 12.5. The summed E-state index contributed by atoms with van der Waals surface area (Å²) in [5.41, 5.74) is 1.57. The van der Waals surface area contributed by atoms with E-state index in [1.54, 1.807) is 13.2 Å². The predicted molar refractivity (Wildman–Crippen MR) is 105 cm³/mol. The van der Waals surface area contributed by atoms with Crippen molar-refractivity contribution in [3.63, 3.8) is 0 Å². The topological polar surface area (TPSA) is 59.5 Å². The van der Waals surface area contributed by atoms with Gasteiger partial charge in [-0.25, -0.2) is 4.79 Å². The Morgan fingerprint density at radius 3 is 2.50 bits per heavy atom. The molecule has 0 spiro atoms. The van der Waals surface area contributed by atoms with Crippen molar-refractivity contribution in [1.82, 2.24) is 14.5 Å². The molecule has 0 radical (unpaired) electrons. The van der Waals surface area contributed by atoms with E-state index < -0.39 is 0 Å². The van der Waals surface area contributed by atoms with Crippen molar-refractivity contribution >= 4 is 35.0 Å². The molecule has 0 amide bonds. The van der Waals surface area contributed by atoms with Crippen LogP contribution in [0.3, 0.4) is 0 Å². The highest BCUT2D eigenvalue weighted by atomic mass is 35.5. The number of H-pyrrole nitrogens is 1. The fourth-order valence-corrected chi connectivity index (χ4v) is 4.45. The Hall–Kier alpha value is -1.21. The number of rotatable bonds is 3. The number of hydrogen-bond acceptors (Lipinski definition) is 4. The summed E-state index contributed by atoms with van der Waals surface area (Å²) in [5, 5.41) is 0.512. The van der Waals surface area contributed by atoms with E-state index in [1.165, 1.54) is 0 Å². The Kier molecular flexibility index (Phi) is 6.17. The van der Waals surface area contributed by atoms with Gasteiger partial charge in [0.25, 0.3) is 0 Å². The molecule has 144 valence electrons. The summed E-state index contributed by atoms with van der Waals surface area (Å²) in [6.07, 6.45) is 4.20. The summed E-state index contributed by atoms with van der Waals surface area (Å²) in [5.74, 6) is 0.599. The zero-order valence-corrected chi connectivity index (χ0v) is 16.4. The fourth-order valence-electron chi connectivity index (χ4n) is 4.21. The molecule has 2 saturated heterocycles. The van der Waals surface area contributed by atoms with Gasteiger partial charge >= 0.3 is 5.69 Å². The standard InChI is InChI=1S/C18H24ClN3O3.ClH/c1-24-17-11-16-15(10-14(17)19)20-18(23)22(16)13-2-6-21(7-3-13)12-4-8-25-9-5-12;/h10-13H,2-9H2,1H3,(H,20,23);1H. The molecule has 0 unspecified atom stereocenters. The largest absolute Gasteiger partial charge is 0.495 e. The third kappa shape index (κ3) is 3.60. The molecule has 0 saturated carbocycles. The van der Waals surface area contributed by atoms with Crippen LogP contribution >= 0.6 is 24.0 Å². The van der Waals surface area contributed by atoms with E-state index in [4.69, 9.17) is 21.1 Å². The van der Waals surface area contributed by atoms with Crippen molar-refractivity contribution in [2.75, 3.05) is 33.4 Å². The van der Waals surface area contributed by atoms with Gasteiger partial charge < -0.3 is 19.4 Å². The number of halogens is 2. The first-order valence-electron chi connectivity index (χ1n) is 8.97. The van der Waals surface area contributed by atoms with Gasteiger partial charge in [-0.15, -0.1) is 12.4 Å². The van der Waals surface area contributed by atoms with Gasteiger partial charge in [0, 0.05) is 44.5 Å². The molecule has 1 aromatic heterocycles. The van der Waals surface area contributed by atoms with E-state index in [0.29, 0.717) is 16.8 Å². The average Bonchev–Trinajstić information content (AvgIpc) is 2.96. The van der Waals surface area contributed by atoms with Crippen LogP contribution in [-0.2, 0) is 4.74 Å². The second-order valence-corrected chi connectivity index (χ2v) is 7.32. The van der Waals surface area contributed by atoms with Gasteiger partial charge in [0.05, 0.1) is 23.2 Å². The molecular formula is C18H25Cl2N3O3. The van der Waals surface area contributed by atoms with Crippen molar-refractivity contribution in [2.45, 2.75) is 37.8 Å². The van der Waals surface area contributed by atoms with Gasteiger partial charge in [-0.05, 0) is 31.7 Å². The summed E-state index contributed by atoms with van der Waals surface area (Å²) in [4.78, 5) is 18.0. The summed E-state index contributed by atoms with van der Waals surface area (Å²) < 4.78 is 12.7. The third-order valence-corrected chi connectivity index (χ3v) is 5.86. The number of benzene rings is 1. The van der Waals surface area contributed by atoms with Crippen molar-refractivity contribution < 1.29 is 9.47 Å². The number of imidazole rings is 1. The van der Waals surface area contributed by atoms with Gasteiger partial charge in [0.15, 0.2) is 0 Å². The van der Waals surface area contributed by atoms with Crippen molar-refractivity contribution in [3.8, 4) is 5.75 Å². The first-order chi connectivity index (χ1) is 12.2. The molecule has 0 bridgehead atoms. The van der Waals surface area contributed by atoms with Crippen LogP contribution < -0.4 is 10.4 Å². The van der Waals surface area contributed by atoms with Crippen LogP contribution in [0.4, 0.5) is 0 Å². The minimum Gasteiger partial charge on any atom is -0.495 e. The number of likely N-dealkylation sites (tertiary alicyclic amines) is 1. The van der Waals surface area contributed by atoms with Gasteiger partial charge in [-0.1, -0.05) is 11.6 Å². The zero-order chi connectivity index (χ0) is 17.4. The summed E-state index contributed by atoms with van der Waals surface area (Å²) >= 11 is 6.18. The lowest BCUT2D eigenvalue weighted by molar-refractivity contribution is 0.0220. The van der Waals surface area contributed by atoms with Crippen LogP contribution in [-0.4, -0.2) is 53.9 Å². The van der Waals surface area contributed by atoms with E-state index in [0.717, 1.165) is 63.0 Å². The Morgan fingerprint density at radius 1 is 1.15 bits per heavy atom. The molecule has 0 atom stereocenters. The van der Waals surface area contributed by atoms with Crippen LogP contribution in [0.25, 0.3) is 11.0 Å². The molecular weight excluding hydrogens is 377 g/mol. The number of nitrogens with zero attached hydrogens (tertiary/aromatic N) is 2. The molecule has 2 aliphatic rings. The summed E-state index contributed by atoms with van der Waals surface area (Å²) in [6, 6.07) is 4.47.